The van der Waals surface area contributed by atoms with Crippen LogP contribution < -0.4 is 15.5 Å². The molecular formula is C19H20F2N5O5+. The fraction of sp³-hybridized carbons (Fsp3) is 0.368. The predicted molar refractivity (Wildman–Crippen MR) is 103 cm³/mol. The summed E-state index contributed by atoms with van der Waals surface area (Å²) in [7, 11) is 0. The molecule has 1 amide bonds. The number of amides is 1. The Kier molecular flexibility index (Phi) is 5.55. The van der Waals surface area contributed by atoms with Crippen LogP contribution in [-0.4, -0.2) is 69.1 Å². The first kappa shape index (κ1) is 20.7. The highest BCUT2D eigenvalue weighted by atomic mass is 19.3. The van der Waals surface area contributed by atoms with E-state index >= 15 is 0 Å². The Balaban J connectivity index is 1.70. The van der Waals surface area contributed by atoms with Gasteiger partial charge in [-0.05, 0) is 24.0 Å². The minimum absolute atomic E-state index is 0.184. The summed E-state index contributed by atoms with van der Waals surface area (Å²) in [5.41, 5.74) is 2.78. The third-order valence-corrected chi connectivity index (χ3v) is 5.07. The number of carbonyl (C=O) groups is 2. The zero-order valence-electron chi connectivity index (χ0n) is 16.4. The number of imidazole rings is 1. The van der Waals surface area contributed by atoms with Crippen LogP contribution in [0.3, 0.4) is 0 Å². The molecule has 10 nitrogen and oxygen atoms in total. The van der Waals surface area contributed by atoms with Crippen molar-refractivity contribution in [2.24, 2.45) is 0 Å². The topological polar surface area (TPSA) is 118 Å². The second-order valence-corrected chi connectivity index (χ2v) is 7.06. The molecule has 0 fully saturated rings. The monoisotopic (exact) mass is 436 g/mol. The van der Waals surface area contributed by atoms with E-state index in [-0.39, 0.29) is 18.3 Å². The fourth-order valence-corrected chi connectivity index (χ4v) is 3.52. The van der Waals surface area contributed by atoms with Gasteiger partial charge in [-0.25, -0.2) is 14.3 Å². The second kappa shape index (κ2) is 8.30. The minimum atomic E-state index is -2.72. The molecule has 1 aromatic carbocycles. The third kappa shape index (κ3) is 3.81. The maximum absolute atomic E-state index is 13.4. The average molecular weight is 436 g/mol. The molecule has 0 bridgehead atoms. The first-order valence-electron chi connectivity index (χ1n) is 9.50. The van der Waals surface area contributed by atoms with Crippen LogP contribution in [0.5, 0.6) is 5.75 Å². The molecule has 0 aliphatic carbocycles. The highest BCUT2D eigenvalue weighted by molar-refractivity contribution is 6.21. The summed E-state index contributed by atoms with van der Waals surface area (Å²) < 4.78 is 40.7. The number of alkyl halides is 2. The van der Waals surface area contributed by atoms with Gasteiger partial charge >= 0.3 is 11.7 Å². The number of hydroxylamine groups is 1. The quantitative estimate of drug-likeness (QED) is 0.269. The van der Waals surface area contributed by atoms with Gasteiger partial charge in [0.25, 0.3) is 18.2 Å². The van der Waals surface area contributed by atoms with Crippen LogP contribution in [0.25, 0.3) is 11.4 Å². The molecule has 4 rings (SSSR count). The SMILES string of the molecule is C[C@H](Nc1ccc2c(c1)OCCn1cc([N+]3=C(C=O)OC[C@H]3C(F)F)nc1-2)C(=O)NO. The normalized spacial score (nSPS) is 18.4. The zero-order valence-corrected chi connectivity index (χ0v) is 16.4. The van der Waals surface area contributed by atoms with Crippen molar-refractivity contribution in [3.8, 4) is 17.1 Å². The largest absolute Gasteiger partial charge is 0.491 e. The van der Waals surface area contributed by atoms with Crippen LogP contribution in [0.15, 0.2) is 24.4 Å². The molecule has 0 unspecified atom stereocenters. The smallest absolute Gasteiger partial charge is 0.345 e. The van der Waals surface area contributed by atoms with E-state index in [1.807, 2.05) is 0 Å². The van der Waals surface area contributed by atoms with Gasteiger partial charge in [-0.2, -0.15) is 4.58 Å². The number of aromatic nitrogens is 2. The standard InChI is InChI=1S/C19H19F2N5O5/c1-10(19(28)24-29)22-11-2-3-12-14(6-11)30-5-4-25-7-15(23-18(12)25)26-13(17(20)21)9-31-16(26)8-27/h2-3,6-8,10,13,17H,4-5,9H2,1H3,(H2-,22,23,24,28,29)/p+1/t10-,13-/m0/s1. The number of halogens is 2. The van der Waals surface area contributed by atoms with Gasteiger partial charge in [0.1, 0.15) is 31.2 Å². The summed E-state index contributed by atoms with van der Waals surface area (Å²) in [6.07, 6.45) is -0.742. The Morgan fingerprint density at radius 2 is 2.23 bits per heavy atom. The summed E-state index contributed by atoms with van der Waals surface area (Å²) in [5.74, 6) is 0.356. The highest BCUT2D eigenvalue weighted by Gasteiger charge is 2.42. The van der Waals surface area contributed by atoms with Crippen LogP contribution in [-0.2, 0) is 20.9 Å². The highest BCUT2D eigenvalue weighted by Crippen LogP contribution is 2.36. The van der Waals surface area contributed by atoms with E-state index in [1.54, 1.807) is 41.4 Å². The summed E-state index contributed by atoms with van der Waals surface area (Å²) in [6, 6.07) is 3.12. The predicted octanol–water partition coefficient (Wildman–Crippen LogP) is 1.15. The molecule has 3 heterocycles. The zero-order chi connectivity index (χ0) is 22.1. The van der Waals surface area contributed by atoms with Gasteiger partial charge in [0.05, 0.1) is 12.1 Å². The van der Waals surface area contributed by atoms with Crippen molar-refractivity contribution in [2.75, 3.05) is 18.5 Å². The molecule has 164 valence electrons. The number of aldehydes is 1. The second-order valence-electron chi connectivity index (χ2n) is 7.06. The lowest BCUT2D eigenvalue weighted by Crippen LogP contribution is -2.35. The number of nitrogens with one attached hydrogen (secondary N) is 2. The van der Waals surface area contributed by atoms with E-state index < -0.39 is 24.4 Å². The number of hydrogen-bond donors (Lipinski definition) is 3. The van der Waals surface area contributed by atoms with E-state index in [0.717, 1.165) is 4.58 Å². The van der Waals surface area contributed by atoms with Gasteiger partial charge in [0.2, 0.25) is 6.29 Å². The van der Waals surface area contributed by atoms with Crippen LogP contribution in [0.4, 0.5) is 20.3 Å². The van der Waals surface area contributed by atoms with E-state index in [4.69, 9.17) is 14.7 Å². The van der Waals surface area contributed by atoms with Crippen molar-refractivity contribution in [1.29, 1.82) is 0 Å². The number of nitrogens with zero attached hydrogens (tertiary/aromatic N) is 3. The number of rotatable bonds is 6. The summed E-state index contributed by atoms with van der Waals surface area (Å²) in [5, 5.41) is 11.7. The molecule has 0 saturated carbocycles. The Morgan fingerprint density at radius 1 is 1.42 bits per heavy atom. The van der Waals surface area contributed by atoms with Gasteiger partial charge in [0, 0.05) is 11.8 Å². The van der Waals surface area contributed by atoms with Crippen LogP contribution in [0, 0.1) is 0 Å². The molecule has 2 aromatic rings. The van der Waals surface area contributed by atoms with E-state index in [1.165, 1.54) is 0 Å². The van der Waals surface area contributed by atoms with Gasteiger partial charge in [-0.1, -0.05) is 0 Å². The van der Waals surface area contributed by atoms with Crippen LogP contribution >= 0.6 is 0 Å². The van der Waals surface area contributed by atoms with E-state index in [2.05, 4.69) is 10.3 Å². The number of ether oxygens (including phenoxy) is 2. The van der Waals surface area contributed by atoms with Crippen molar-refractivity contribution in [3.63, 3.8) is 0 Å². The molecule has 2 atom stereocenters. The maximum Gasteiger partial charge on any atom is 0.345 e. The van der Waals surface area contributed by atoms with Gasteiger partial charge in [-0.15, -0.1) is 0 Å². The molecule has 0 spiro atoms. The van der Waals surface area contributed by atoms with Crippen molar-refractivity contribution in [3.05, 3.63) is 24.4 Å². The summed E-state index contributed by atoms with van der Waals surface area (Å²) in [6.45, 7) is 1.98. The number of hydrogen-bond acceptors (Lipinski definition) is 7. The Labute approximate surface area is 175 Å². The van der Waals surface area contributed by atoms with Crippen LogP contribution in [0.2, 0.25) is 0 Å². The molecule has 2 aliphatic heterocycles. The number of fused-ring (bicyclic) bond motifs is 3. The molecule has 12 heteroatoms. The average Bonchev–Trinajstić information content (AvgIpc) is 3.33. The lowest BCUT2D eigenvalue weighted by molar-refractivity contribution is -0.492. The Hall–Kier alpha value is -3.54. The maximum atomic E-state index is 13.4. The minimum Gasteiger partial charge on any atom is -0.491 e. The summed E-state index contributed by atoms with van der Waals surface area (Å²) in [4.78, 5) is 27.3. The van der Waals surface area contributed by atoms with Gasteiger partial charge < -0.3 is 19.4 Å². The number of carbonyl (C=O) groups excluding carboxylic acids is 2. The number of anilines is 1. The first-order chi connectivity index (χ1) is 14.9. The molecule has 0 radical (unpaired) electrons. The summed E-state index contributed by atoms with van der Waals surface area (Å²) >= 11 is 0. The van der Waals surface area contributed by atoms with Crippen LogP contribution in [0.1, 0.15) is 6.92 Å². The van der Waals surface area contributed by atoms with Crippen molar-refractivity contribution in [1.82, 2.24) is 15.0 Å². The molecule has 0 saturated heterocycles. The Morgan fingerprint density at radius 3 is 2.94 bits per heavy atom. The molecule has 1 aromatic heterocycles. The fourth-order valence-electron chi connectivity index (χ4n) is 3.52. The lowest BCUT2D eigenvalue weighted by Gasteiger charge is -2.14. The molecule has 2 aliphatic rings. The van der Waals surface area contributed by atoms with E-state index in [9.17, 15) is 18.4 Å². The van der Waals surface area contributed by atoms with Crippen molar-refractivity contribution < 1.29 is 37.6 Å². The molecule has 31 heavy (non-hydrogen) atoms. The lowest BCUT2D eigenvalue weighted by atomic mass is 10.1. The van der Waals surface area contributed by atoms with Crippen molar-refractivity contribution >= 4 is 29.6 Å². The molecular weight excluding hydrogens is 416 g/mol. The van der Waals surface area contributed by atoms with Crippen molar-refractivity contribution in [2.45, 2.75) is 32.0 Å². The first-order valence-corrected chi connectivity index (χ1v) is 9.50. The van der Waals surface area contributed by atoms with Gasteiger partial charge in [-0.3, -0.25) is 14.8 Å². The van der Waals surface area contributed by atoms with E-state index in [0.29, 0.717) is 42.3 Å². The Bertz CT molecular complexity index is 1050. The van der Waals surface area contributed by atoms with Gasteiger partial charge in [0.15, 0.2) is 6.04 Å². The number of benzene rings is 1. The third-order valence-electron chi connectivity index (χ3n) is 5.07. The molecule has 3 N–H and O–H groups in total.